The number of hydrogen-bond acceptors (Lipinski definition) is 3. The fourth-order valence-corrected chi connectivity index (χ4v) is 1.10. The SMILES string of the molecule is CON(C)C(=O)C(C)Oc1ccccc1. The molecule has 0 aliphatic carbocycles. The highest BCUT2D eigenvalue weighted by Gasteiger charge is 2.18. The van der Waals surface area contributed by atoms with Gasteiger partial charge in [-0.1, -0.05) is 18.2 Å². The molecule has 1 rings (SSSR count). The lowest BCUT2D eigenvalue weighted by Crippen LogP contribution is -2.37. The van der Waals surface area contributed by atoms with Crippen molar-refractivity contribution in [2.45, 2.75) is 13.0 Å². The molecule has 1 atom stereocenters. The molecule has 15 heavy (non-hydrogen) atoms. The molecule has 0 aromatic heterocycles. The molecule has 0 saturated heterocycles. The van der Waals surface area contributed by atoms with E-state index in [2.05, 4.69) is 0 Å². The molecule has 0 saturated carbocycles. The molecule has 0 fully saturated rings. The van der Waals surface area contributed by atoms with Crippen LogP contribution in [0.3, 0.4) is 0 Å². The van der Waals surface area contributed by atoms with E-state index in [1.807, 2.05) is 18.2 Å². The summed E-state index contributed by atoms with van der Waals surface area (Å²) in [4.78, 5) is 16.3. The van der Waals surface area contributed by atoms with E-state index in [1.165, 1.54) is 7.11 Å². The van der Waals surface area contributed by atoms with Gasteiger partial charge in [0.15, 0.2) is 6.10 Å². The zero-order valence-electron chi connectivity index (χ0n) is 9.14. The van der Waals surface area contributed by atoms with Crippen LogP contribution in [-0.2, 0) is 9.63 Å². The summed E-state index contributed by atoms with van der Waals surface area (Å²) >= 11 is 0. The molecule has 1 unspecified atom stereocenters. The van der Waals surface area contributed by atoms with Crippen molar-refractivity contribution in [3.63, 3.8) is 0 Å². The van der Waals surface area contributed by atoms with Gasteiger partial charge in [0, 0.05) is 7.05 Å². The van der Waals surface area contributed by atoms with Gasteiger partial charge in [-0.3, -0.25) is 9.63 Å². The Morgan fingerprint density at radius 3 is 2.47 bits per heavy atom. The molecule has 0 N–H and O–H groups in total. The number of hydrogen-bond donors (Lipinski definition) is 0. The topological polar surface area (TPSA) is 38.8 Å². The Morgan fingerprint density at radius 2 is 1.93 bits per heavy atom. The van der Waals surface area contributed by atoms with Crippen LogP contribution in [-0.4, -0.2) is 31.2 Å². The quantitative estimate of drug-likeness (QED) is 0.705. The molecule has 82 valence electrons. The van der Waals surface area contributed by atoms with Gasteiger partial charge in [0.1, 0.15) is 5.75 Å². The zero-order chi connectivity index (χ0) is 11.3. The molecule has 0 heterocycles. The Hall–Kier alpha value is -1.55. The Bertz CT molecular complexity index is 313. The van der Waals surface area contributed by atoms with Gasteiger partial charge in [-0.2, -0.15) is 0 Å². The average Bonchev–Trinajstić information content (AvgIpc) is 2.28. The Morgan fingerprint density at radius 1 is 1.33 bits per heavy atom. The van der Waals surface area contributed by atoms with Crippen molar-refractivity contribution in [3.8, 4) is 5.75 Å². The van der Waals surface area contributed by atoms with Crippen molar-refractivity contribution >= 4 is 5.91 Å². The lowest BCUT2D eigenvalue weighted by atomic mass is 10.3. The molecule has 0 aliphatic rings. The van der Waals surface area contributed by atoms with Crippen LogP contribution in [0.4, 0.5) is 0 Å². The van der Waals surface area contributed by atoms with Crippen LogP contribution >= 0.6 is 0 Å². The predicted molar refractivity (Wildman–Crippen MR) is 56.3 cm³/mol. The summed E-state index contributed by atoms with van der Waals surface area (Å²) in [6.45, 7) is 1.69. The maximum Gasteiger partial charge on any atom is 0.286 e. The molecule has 0 radical (unpaired) electrons. The standard InChI is InChI=1S/C11H15NO3/c1-9(11(13)12(2)14-3)15-10-7-5-4-6-8-10/h4-9H,1-3H3. The number of benzene rings is 1. The smallest absolute Gasteiger partial charge is 0.286 e. The van der Waals surface area contributed by atoms with Crippen molar-refractivity contribution in [3.05, 3.63) is 30.3 Å². The molecule has 1 amide bonds. The predicted octanol–water partition coefficient (Wildman–Crippen LogP) is 1.47. The van der Waals surface area contributed by atoms with Gasteiger partial charge in [-0.15, -0.1) is 0 Å². The van der Waals surface area contributed by atoms with Crippen molar-refractivity contribution in [2.24, 2.45) is 0 Å². The van der Waals surface area contributed by atoms with Gasteiger partial charge in [0.05, 0.1) is 7.11 Å². The summed E-state index contributed by atoms with van der Waals surface area (Å²) in [5, 5.41) is 1.15. The number of amides is 1. The first-order chi connectivity index (χ1) is 7.15. The Kier molecular flexibility index (Phi) is 4.12. The van der Waals surface area contributed by atoms with Gasteiger partial charge in [0.2, 0.25) is 0 Å². The number of hydroxylamine groups is 2. The maximum absolute atomic E-state index is 11.6. The highest BCUT2D eigenvalue weighted by atomic mass is 16.7. The molecule has 4 heteroatoms. The maximum atomic E-state index is 11.6. The van der Waals surface area contributed by atoms with E-state index < -0.39 is 6.10 Å². The van der Waals surface area contributed by atoms with Crippen LogP contribution in [0, 0.1) is 0 Å². The fourth-order valence-electron chi connectivity index (χ4n) is 1.10. The Balaban J connectivity index is 2.56. The van der Waals surface area contributed by atoms with Gasteiger partial charge < -0.3 is 4.74 Å². The molecule has 0 bridgehead atoms. The summed E-state index contributed by atoms with van der Waals surface area (Å²) in [6.07, 6.45) is -0.558. The third-order valence-corrected chi connectivity index (χ3v) is 1.99. The number of nitrogens with zero attached hydrogens (tertiary/aromatic N) is 1. The van der Waals surface area contributed by atoms with Crippen LogP contribution < -0.4 is 4.74 Å². The van der Waals surface area contributed by atoms with Gasteiger partial charge in [0.25, 0.3) is 5.91 Å². The lowest BCUT2D eigenvalue weighted by molar-refractivity contribution is -0.175. The number of para-hydroxylation sites is 1. The number of likely N-dealkylation sites (N-methyl/N-ethyl adjacent to an activating group) is 1. The molecular weight excluding hydrogens is 194 g/mol. The third kappa shape index (κ3) is 3.25. The lowest BCUT2D eigenvalue weighted by Gasteiger charge is -2.19. The van der Waals surface area contributed by atoms with Crippen molar-refractivity contribution in [2.75, 3.05) is 14.2 Å². The minimum atomic E-state index is -0.558. The summed E-state index contributed by atoms with van der Waals surface area (Å²) in [5.41, 5.74) is 0. The van der Waals surface area contributed by atoms with Crippen LogP contribution in [0.5, 0.6) is 5.75 Å². The number of carbonyl (C=O) groups is 1. The molecule has 0 aliphatic heterocycles. The summed E-state index contributed by atoms with van der Waals surface area (Å²) in [7, 11) is 2.99. The minimum absolute atomic E-state index is 0.221. The minimum Gasteiger partial charge on any atom is -0.481 e. The average molecular weight is 209 g/mol. The third-order valence-electron chi connectivity index (χ3n) is 1.99. The van der Waals surface area contributed by atoms with E-state index in [0.717, 1.165) is 5.06 Å². The first-order valence-electron chi connectivity index (χ1n) is 4.68. The first kappa shape index (κ1) is 11.5. The van der Waals surface area contributed by atoms with Crippen LogP contribution in [0.15, 0.2) is 30.3 Å². The van der Waals surface area contributed by atoms with E-state index in [0.29, 0.717) is 5.75 Å². The van der Waals surface area contributed by atoms with E-state index in [4.69, 9.17) is 9.57 Å². The highest BCUT2D eigenvalue weighted by Crippen LogP contribution is 2.11. The van der Waals surface area contributed by atoms with E-state index in [-0.39, 0.29) is 5.91 Å². The second-order valence-corrected chi connectivity index (χ2v) is 3.09. The van der Waals surface area contributed by atoms with Gasteiger partial charge >= 0.3 is 0 Å². The van der Waals surface area contributed by atoms with Crippen molar-refractivity contribution < 1.29 is 14.4 Å². The summed E-state index contributed by atoms with van der Waals surface area (Å²) < 4.78 is 5.43. The second kappa shape index (κ2) is 5.36. The second-order valence-electron chi connectivity index (χ2n) is 3.09. The van der Waals surface area contributed by atoms with E-state index in [9.17, 15) is 4.79 Å². The highest BCUT2D eigenvalue weighted by molar-refractivity contribution is 5.79. The largest absolute Gasteiger partial charge is 0.481 e. The Labute approximate surface area is 89.4 Å². The van der Waals surface area contributed by atoms with E-state index in [1.54, 1.807) is 26.1 Å². The molecular formula is C11H15NO3. The van der Waals surface area contributed by atoms with Crippen molar-refractivity contribution in [1.29, 1.82) is 0 Å². The number of carbonyl (C=O) groups excluding carboxylic acids is 1. The number of rotatable bonds is 4. The summed E-state index contributed by atoms with van der Waals surface area (Å²) in [5.74, 6) is 0.448. The normalized spacial score (nSPS) is 11.9. The van der Waals surface area contributed by atoms with Crippen LogP contribution in [0.2, 0.25) is 0 Å². The van der Waals surface area contributed by atoms with Crippen LogP contribution in [0.25, 0.3) is 0 Å². The summed E-state index contributed by atoms with van der Waals surface area (Å²) in [6, 6.07) is 9.20. The van der Waals surface area contributed by atoms with E-state index >= 15 is 0 Å². The van der Waals surface area contributed by atoms with Gasteiger partial charge in [-0.05, 0) is 19.1 Å². The molecule has 4 nitrogen and oxygen atoms in total. The first-order valence-corrected chi connectivity index (χ1v) is 4.68. The molecule has 1 aromatic carbocycles. The van der Waals surface area contributed by atoms with Crippen molar-refractivity contribution in [1.82, 2.24) is 5.06 Å². The monoisotopic (exact) mass is 209 g/mol. The number of ether oxygens (including phenoxy) is 1. The molecule has 0 spiro atoms. The van der Waals surface area contributed by atoms with Gasteiger partial charge in [-0.25, -0.2) is 5.06 Å². The van der Waals surface area contributed by atoms with Crippen LogP contribution in [0.1, 0.15) is 6.92 Å². The fraction of sp³-hybridized carbons (Fsp3) is 0.364. The molecule has 1 aromatic rings. The zero-order valence-corrected chi connectivity index (χ0v) is 9.14.